The monoisotopic (exact) mass is 269 g/mol. The molecule has 0 heterocycles. The van der Waals surface area contributed by atoms with E-state index in [9.17, 15) is 9.59 Å². The summed E-state index contributed by atoms with van der Waals surface area (Å²) in [6.45, 7) is 0.461. The van der Waals surface area contributed by atoms with E-state index in [-0.39, 0.29) is 12.5 Å². The summed E-state index contributed by atoms with van der Waals surface area (Å²) in [6.07, 6.45) is 1.17. The third-order valence-corrected chi connectivity index (χ3v) is 2.33. The summed E-state index contributed by atoms with van der Waals surface area (Å²) in [5.74, 6) is 4.48. The van der Waals surface area contributed by atoms with E-state index in [0.717, 1.165) is 0 Å². The van der Waals surface area contributed by atoms with Crippen LogP contribution in [0.5, 0.6) is 0 Å². The Kier molecular flexibility index (Phi) is 7.01. The molecule has 5 heteroatoms. The maximum Gasteiger partial charge on any atom is 0.296 e. The molecule has 0 unspecified atom stereocenters. The van der Waals surface area contributed by atoms with Crippen molar-refractivity contribution in [2.45, 2.75) is 12.8 Å². The topological polar surface area (TPSA) is 82.0 Å². The number of carbonyl (C=O) groups excluding carboxylic acids is 2. The van der Waals surface area contributed by atoms with Gasteiger partial charge in [-0.1, -0.05) is 24.1 Å². The molecule has 1 aromatic carbocycles. The highest BCUT2D eigenvalue weighted by molar-refractivity contribution is 5.94. The smallest absolute Gasteiger partial charge is 0.296 e. The van der Waals surface area contributed by atoms with Crippen molar-refractivity contribution < 1.29 is 9.59 Å². The number of nitrogens with one attached hydrogen (secondary N) is 2. The third-order valence-electron chi connectivity index (χ3n) is 2.33. The minimum Gasteiger partial charge on any atom is -0.352 e. The van der Waals surface area contributed by atoms with E-state index >= 15 is 0 Å². The number of nitrogens with zero attached hydrogens (tertiary/aromatic N) is 1. The molecule has 2 amide bonds. The van der Waals surface area contributed by atoms with Gasteiger partial charge in [0.05, 0.1) is 6.07 Å². The van der Waals surface area contributed by atoms with Gasteiger partial charge in [0.25, 0.3) is 11.8 Å². The van der Waals surface area contributed by atoms with Crippen LogP contribution in [0.15, 0.2) is 30.3 Å². The number of amides is 2. The van der Waals surface area contributed by atoms with Crippen LogP contribution in [0.25, 0.3) is 0 Å². The van der Waals surface area contributed by atoms with Crippen LogP contribution in [0.2, 0.25) is 0 Å². The number of hydrogen-bond donors (Lipinski definition) is 2. The zero-order valence-electron chi connectivity index (χ0n) is 11.0. The molecule has 0 fully saturated rings. The molecule has 5 nitrogen and oxygen atoms in total. The van der Waals surface area contributed by atoms with Crippen LogP contribution in [0.3, 0.4) is 0 Å². The Morgan fingerprint density at radius 2 is 1.90 bits per heavy atom. The van der Waals surface area contributed by atoms with Gasteiger partial charge in [-0.15, -0.1) is 0 Å². The molecule has 0 saturated heterocycles. The lowest BCUT2D eigenvalue weighted by Gasteiger charge is -2.02. The second kappa shape index (κ2) is 9.18. The molecule has 0 spiro atoms. The molecule has 20 heavy (non-hydrogen) atoms. The Morgan fingerprint density at radius 1 is 1.15 bits per heavy atom. The summed E-state index contributed by atoms with van der Waals surface area (Å²) in [7, 11) is 0. The predicted octanol–water partition coefficient (Wildman–Crippen LogP) is 0.840. The predicted molar refractivity (Wildman–Crippen MR) is 74.4 cm³/mol. The molecular formula is C15H15N3O2. The Balaban J connectivity index is 2.17. The molecule has 0 aliphatic rings. The van der Waals surface area contributed by atoms with Gasteiger partial charge in [0.2, 0.25) is 0 Å². The van der Waals surface area contributed by atoms with E-state index in [4.69, 9.17) is 5.26 Å². The van der Waals surface area contributed by atoms with E-state index in [0.29, 0.717) is 24.9 Å². The standard InChI is InChI=1S/C15H15N3O2/c16-10-12-17-14(19)9-5-2-6-11-18-15(20)13-7-3-1-4-8-13/h1,3-4,7-8H,2,6,11-12H2,(H,17,19)(H,18,20). The number of unbranched alkanes of at least 4 members (excludes halogenated alkanes) is 1. The van der Waals surface area contributed by atoms with E-state index in [1.165, 1.54) is 0 Å². The number of carbonyl (C=O) groups is 2. The van der Waals surface area contributed by atoms with Crippen LogP contribution < -0.4 is 10.6 Å². The zero-order valence-corrected chi connectivity index (χ0v) is 11.0. The molecule has 0 aliphatic heterocycles. The molecule has 102 valence electrons. The van der Waals surface area contributed by atoms with Gasteiger partial charge in [-0.05, 0) is 24.5 Å². The van der Waals surface area contributed by atoms with Gasteiger partial charge < -0.3 is 10.6 Å². The van der Waals surface area contributed by atoms with Gasteiger partial charge in [0.15, 0.2) is 0 Å². The first-order valence-electron chi connectivity index (χ1n) is 6.21. The molecule has 0 aliphatic carbocycles. The third kappa shape index (κ3) is 6.23. The van der Waals surface area contributed by atoms with Crippen molar-refractivity contribution >= 4 is 11.8 Å². The molecule has 0 radical (unpaired) electrons. The maximum absolute atomic E-state index is 11.7. The van der Waals surface area contributed by atoms with Crippen LogP contribution in [-0.4, -0.2) is 24.9 Å². The second-order valence-electron chi connectivity index (χ2n) is 3.87. The highest BCUT2D eigenvalue weighted by atomic mass is 16.2. The fourth-order valence-corrected chi connectivity index (χ4v) is 1.38. The van der Waals surface area contributed by atoms with Gasteiger partial charge in [-0.25, -0.2) is 0 Å². The van der Waals surface area contributed by atoms with Crippen molar-refractivity contribution in [3.63, 3.8) is 0 Å². The van der Waals surface area contributed by atoms with Crippen molar-refractivity contribution in [3.8, 4) is 17.9 Å². The van der Waals surface area contributed by atoms with Crippen molar-refractivity contribution in [3.05, 3.63) is 35.9 Å². The Hall–Kier alpha value is -2.79. The van der Waals surface area contributed by atoms with Gasteiger partial charge in [0, 0.05) is 18.5 Å². The Bertz CT molecular complexity index is 550. The molecule has 1 aromatic rings. The minimum atomic E-state index is -0.458. The lowest BCUT2D eigenvalue weighted by molar-refractivity contribution is -0.115. The van der Waals surface area contributed by atoms with E-state index in [1.807, 2.05) is 6.07 Å². The van der Waals surface area contributed by atoms with Crippen LogP contribution in [-0.2, 0) is 4.79 Å². The molecule has 2 N–H and O–H groups in total. The van der Waals surface area contributed by atoms with Crippen molar-refractivity contribution in [2.24, 2.45) is 0 Å². The van der Waals surface area contributed by atoms with E-state index < -0.39 is 5.91 Å². The fraction of sp³-hybridized carbons (Fsp3) is 0.267. The molecule has 0 aromatic heterocycles. The summed E-state index contributed by atoms with van der Waals surface area (Å²) in [6, 6.07) is 10.7. The summed E-state index contributed by atoms with van der Waals surface area (Å²) < 4.78 is 0. The van der Waals surface area contributed by atoms with Crippen LogP contribution >= 0.6 is 0 Å². The summed E-state index contributed by atoms with van der Waals surface area (Å²) in [5, 5.41) is 13.3. The number of nitriles is 1. The summed E-state index contributed by atoms with van der Waals surface area (Å²) in [5.41, 5.74) is 0.620. The van der Waals surface area contributed by atoms with Gasteiger partial charge in [0.1, 0.15) is 6.54 Å². The highest BCUT2D eigenvalue weighted by Crippen LogP contribution is 1.97. The second-order valence-corrected chi connectivity index (χ2v) is 3.87. The first-order valence-corrected chi connectivity index (χ1v) is 6.21. The van der Waals surface area contributed by atoms with Crippen LogP contribution in [0.4, 0.5) is 0 Å². The molecule has 0 saturated carbocycles. The van der Waals surface area contributed by atoms with Crippen molar-refractivity contribution in [1.82, 2.24) is 10.6 Å². The normalized spacial score (nSPS) is 8.75. The van der Waals surface area contributed by atoms with Gasteiger partial charge in [-0.3, -0.25) is 9.59 Å². The molecule has 0 atom stereocenters. The van der Waals surface area contributed by atoms with E-state index in [2.05, 4.69) is 22.5 Å². The van der Waals surface area contributed by atoms with Crippen molar-refractivity contribution in [1.29, 1.82) is 5.26 Å². The lowest BCUT2D eigenvalue weighted by Crippen LogP contribution is -2.24. The fourth-order valence-electron chi connectivity index (χ4n) is 1.38. The van der Waals surface area contributed by atoms with Crippen LogP contribution in [0.1, 0.15) is 23.2 Å². The first kappa shape index (κ1) is 15.3. The molecular weight excluding hydrogens is 254 g/mol. The summed E-state index contributed by atoms with van der Waals surface area (Å²) >= 11 is 0. The quantitative estimate of drug-likeness (QED) is 0.472. The van der Waals surface area contributed by atoms with Gasteiger partial charge in [-0.2, -0.15) is 5.26 Å². The SMILES string of the molecule is N#CCNC(=O)C#CCCCNC(=O)c1ccccc1. The molecule has 1 rings (SSSR count). The van der Waals surface area contributed by atoms with E-state index in [1.54, 1.807) is 30.3 Å². The van der Waals surface area contributed by atoms with Gasteiger partial charge >= 0.3 is 0 Å². The average molecular weight is 269 g/mol. The van der Waals surface area contributed by atoms with Crippen LogP contribution in [0, 0.1) is 23.2 Å². The number of rotatable bonds is 5. The average Bonchev–Trinajstić information content (AvgIpc) is 2.49. The maximum atomic E-state index is 11.7. The largest absolute Gasteiger partial charge is 0.352 e. The zero-order chi connectivity index (χ0) is 14.6. The summed E-state index contributed by atoms with van der Waals surface area (Å²) in [4.78, 5) is 22.7. The first-order chi connectivity index (χ1) is 9.74. The highest BCUT2D eigenvalue weighted by Gasteiger charge is 2.01. The number of hydrogen-bond acceptors (Lipinski definition) is 3. The lowest BCUT2D eigenvalue weighted by atomic mass is 10.2. The number of benzene rings is 1. The van der Waals surface area contributed by atoms with Crippen molar-refractivity contribution in [2.75, 3.05) is 13.1 Å². The Labute approximate surface area is 118 Å². The molecule has 0 bridgehead atoms. The minimum absolute atomic E-state index is 0.0410. The Morgan fingerprint density at radius 3 is 2.60 bits per heavy atom.